The van der Waals surface area contributed by atoms with Gasteiger partial charge in [0.25, 0.3) is 0 Å². The van der Waals surface area contributed by atoms with Gasteiger partial charge < -0.3 is 9.26 Å². The maximum absolute atomic E-state index is 12.7. The number of carbonyl (C=O) groups is 1. The van der Waals surface area contributed by atoms with Crippen molar-refractivity contribution in [1.82, 2.24) is 5.16 Å². The standard InChI is InChI=1S/C23H23NO3/c1-4-23(5-2)14-20(25)18-12-16(10-11-21(18)26-23)22-13-19(24-27-22)17-9-7-6-8-15(17)3/h6-13H,4-5,14H2,1-3H3. The summed E-state index contributed by atoms with van der Waals surface area (Å²) in [5, 5.41) is 4.21. The van der Waals surface area contributed by atoms with Gasteiger partial charge in [-0.15, -0.1) is 0 Å². The fourth-order valence-electron chi connectivity index (χ4n) is 3.69. The van der Waals surface area contributed by atoms with E-state index >= 15 is 0 Å². The van der Waals surface area contributed by atoms with Crippen LogP contribution in [-0.4, -0.2) is 16.5 Å². The monoisotopic (exact) mass is 361 g/mol. The molecule has 3 aromatic rings. The highest BCUT2D eigenvalue weighted by molar-refractivity contribution is 6.01. The lowest BCUT2D eigenvalue weighted by Crippen LogP contribution is -2.40. The van der Waals surface area contributed by atoms with Crippen LogP contribution in [0, 0.1) is 6.92 Å². The van der Waals surface area contributed by atoms with Crippen LogP contribution in [0.5, 0.6) is 5.75 Å². The first kappa shape index (κ1) is 17.5. The zero-order chi connectivity index (χ0) is 19.0. The molecule has 4 rings (SSSR count). The van der Waals surface area contributed by atoms with Gasteiger partial charge in [0.2, 0.25) is 0 Å². The highest BCUT2D eigenvalue weighted by Gasteiger charge is 2.37. The maximum atomic E-state index is 12.7. The number of hydrogen-bond acceptors (Lipinski definition) is 4. The van der Waals surface area contributed by atoms with Crippen LogP contribution in [0.2, 0.25) is 0 Å². The van der Waals surface area contributed by atoms with E-state index in [4.69, 9.17) is 9.26 Å². The van der Waals surface area contributed by atoms with Crippen LogP contribution in [0.25, 0.3) is 22.6 Å². The number of aromatic nitrogens is 1. The molecule has 4 heteroatoms. The van der Waals surface area contributed by atoms with Crippen LogP contribution in [0.4, 0.5) is 0 Å². The lowest BCUT2D eigenvalue weighted by Gasteiger charge is -2.36. The van der Waals surface area contributed by atoms with Gasteiger partial charge in [0.1, 0.15) is 17.0 Å². The fraction of sp³-hybridized carbons (Fsp3) is 0.304. The molecule has 0 fully saturated rings. The first-order chi connectivity index (χ1) is 13.0. The first-order valence-corrected chi connectivity index (χ1v) is 9.44. The van der Waals surface area contributed by atoms with E-state index in [1.807, 2.05) is 55.5 Å². The second-order valence-electron chi connectivity index (χ2n) is 7.19. The molecule has 2 heterocycles. The van der Waals surface area contributed by atoms with E-state index in [0.29, 0.717) is 23.5 Å². The summed E-state index contributed by atoms with van der Waals surface area (Å²) in [5.41, 5.74) is 4.05. The first-order valence-electron chi connectivity index (χ1n) is 9.44. The predicted octanol–water partition coefficient (Wildman–Crippen LogP) is 5.84. The summed E-state index contributed by atoms with van der Waals surface area (Å²) in [6, 6.07) is 15.6. The fourth-order valence-corrected chi connectivity index (χ4v) is 3.69. The zero-order valence-corrected chi connectivity index (χ0v) is 15.9. The summed E-state index contributed by atoms with van der Waals surface area (Å²) in [4.78, 5) is 12.7. The van der Waals surface area contributed by atoms with Crippen molar-refractivity contribution in [2.45, 2.75) is 45.6 Å². The van der Waals surface area contributed by atoms with Gasteiger partial charge in [0.15, 0.2) is 11.5 Å². The minimum atomic E-state index is -0.379. The molecular formula is C23H23NO3. The van der Waals surface area contributed by atoms with E-state index in [-0.39, 0.29) is 11.4 Å². The number of aryl methyl sites for hydroxylation is 1. The van der Waals surface area contributed by atoms with Gasteiger partial charge in [0, 0.05) is 17.2 Å². The Kier molecular flexibility index (Phi) is 4.34. The summed E-state index contributed by atoms with van der Waals surface area (Å²) in [6.45, 7) is 6.18. The molecule has 1 aliphatic rings. The van der Waals surface area contributed by atoms with Gasteiger partial charge in [-0.05, 0) is 43.5 Å². The molecule has 1 aliphatic heterocycles. The lowest BCUT2D eigenvalue weighted by atomic mass is 9.85. The van der Waals surface area contributed by atoms with Gasteiger partial charge in [-0.2, -0.15) is 0 Å². The number of ether oxygens (including phenoxy) is 1. The molecule has 27 heavy (non-hydrogen) atoms. The molecule has 1 aromatic heterocycles. The van der Waals surface area contributed by atoms with E-state index in [2.05, 4.69) is 19.0 Å². The summed E-state index contributed by atoms with van der Waals surface area (Å²) < 4.78 is 11.8. The number of hydrogen-bond donors (Lipinski definition) is 0. The smallest absolute Gasteiger partial charge is 0.170 e. The van der Waals surface area contributed by atoms with Crippen LogP contribution in [0.1, 0.15) is 49.0 Å². The number of rotatable bonds is 4. The molecule has 0 unspecified atom stereocenters. The molecule has 0 bridgehead atoms. The molecular weight excluding hydrogens is 338 g/mol. The minimum absolute atomic E-state index is 0.125. The van der Waals surface area contributed by atoms with Crippen LogP contribution >= 0.6 is 0 Å². The van der Waals surface area contributed by atoms with E-state index < -0.39 is 0 Å². The van der Waals surface area contributed by atoms with Crippen molar-refractivity contribution in [1.29, 1.82) is 0 Å². The molecule has 0 atom stereocenters. The number of carbonyl (C=O) groups excluding carboxylic acids is 1. The highest BCUT2D eigenvalue weighted by Crippen LogP contribution is 2.39. The zero-order valence-electron chi connectivity index (χ0n) is 15.9. The minimum Gasteiger partial charge on any atom is -0.486 e. The van der Waals surface area contributed by atoms with Crippen molar-refractivity contribution in [3.8, 4) is 28.3 Å². The van der Waals surface area contributed by atoms with Gasteiger partial charge in [-0.3, -0.25) is 4.79 Å². The maximum Gasteiger partial charge on any atom is 0.170 e. The third kappa shape index (κ3) is 3.05. The molecule has 2 aromatic carbocycles. The van der Waals surface area contributed by atoms with Crippen LogP contribution < -0.4 is 4.74 Å². The Morgan fingerprint density at radius 2 is 1.81 bits per heavy atom. The second-order valence-corrected chi connectivity index (χ2v) is 7.19. The third-order valence-electron chi connectivity index (χ3n) is 5.59. The SMILES string of the molecule is CCC1(CC)CC(=O)c2cc(-c3cc(-c4ccccc4C)no3)ccc2O1. The van der Waals surface area contributed by atoms with Gasteiger partial charge in [-0.25, -0.2) is 0 Å². The average molecular weight is 361 g/mol. The molecule has 0 radical (unpaired) electrons. The molecule has 0 spiro atoms. The van der Waals surface area contributed by atoms with Crippen molar-refractivity contribution < 1.29 is 14.1 Å². The topological polar surface area (TPSA) is 52.3 Å². The van der Waals surface area contributed by atoms with Crippen molar-refractivity contribution in [3.63, 3.8) is 0 Å². The van der Waals surface area contributed by atoms with Crippen LogP contribution in [-0.2, 0) is 0 Å². The second kappa shape index (κ2) is 6.69. The Labute approximate surface area is 159 Å². The number of benzene rings is 2. The normalized spacial score (nSPS) is 15.3. The van der Waals surface area contributed by atoms with Crippen LogP contribution in [0.15, 0.2) is 53.1 Å². The Bertz CT molecular complexity index is 998. The molecule has 0 aliphatic carbocycles. The average Bonchev–Trinajstić information content (AvgIpc) is 3.18. The van der Waals surface area contributed by atoms with Gasteiger partial charge >= 0.3 is 0 Å². The highest BCUT2D eigenvalue weighted by atomic mass is 16.5. The van der Waals surface area contributed by atoms with E-state index in [0.717, 1.165) is 35.2 Å². The van der Waals surface area contributed by atoms with Crippen molar-refractivity contribution >= 4 is 5.78 Å². The molecule has 4 nitrogen and oxygen atoms in total. The Hall–Kier alpha value is -2.88. The molecule has 0 amide bonds. The summed E-state index contributed by atoms with van der Waals surface area (Å²) in [6.07, 6.45) is 2.05. The third-order valence-corrected chi connectivity index (χ3v) is 5.59. The largest absolute Gasteiger partial charge is 0.486 e. The summed E-state index contributed by atoms with van der Waals surface area (Å²) in [5.74, 6) is 1.43. The molecule has 138 valence electrons. The summed E-state index contributed by atoms with van der Waals surface area (Å²) in [7, 11) is 0. The van der Waals surface area contributed by atoms with Crippen molar-refractivity contribution in [2.75, 3.05) is 0 Å². The Balaban J connectivity index is 1.69. The number of ketones is 1. The predicted molar refractivity (Wildman–Crippen MR) is 105 cm³/mol. The van der Waals surface area contributed by atoms with Crippen LogP contribution in [0.3, 0.4) is 0 Å². The molecule has 0 N–H and O–H groups in total. The van der Waals surface area contributed by atoms with E-state index in [1.165, 1.54) is 0 Å². The lowest BCUT2D eigenvalue weighted by molar-refractivity contribution is 0.0350. The number of nitrogens with zero attached hydrogens (tertiary/aromatic N) is 1. The Morgan fingerprint density at radius 1 is 1.04 bits per heavy atom. The Morgan fingerprint density at radius 3 is 2.56 bits per heavy atom. The number of Topliss-reactive ketones (excluding diaryl/α,β-unsaturated/α-hetero) is 1. The van der Waals surface area contributed by atoms with E-state index in [1.54, 1.807) is 0 Å². The number of fused-ring (bicyclic) bond motifs is 1. The van der Waals surface area contributed by atoms with Gasteiger partial charge in [-0.1, -0.05) is 43.3 Å². The molecule has 0 saturated heterocycles. The van der Waals surface area contributed by atoms with Crippen molar-refractivity contribution in [2.24, 2.45) is 0 Å². The summed E-state index contributed by atoms with van der Waals surface area (Å²) >= 11 is 0. The van der Waals surface area contributed by atoms with Crippen molar-refractivity contribution in [3.05, 3.63) is 59.7 Å². The van der Waals surface area contributed by atoms with E-state index in [9.17, 15) is 4.79 Å². The molecule has 0 saturated carbocycles. The quantitative estimate of drug-likeness (QED) is 0.586. The van der Waals surface area contributed by atoms with Gasteiger partial charge in [0.05, 0.1) is 12.0 Å².